The van der Waals surface area contributed by atoms with E-state index in [-0.39, 0.29) is 11.7 Å². The van der Waals surface area contributed by atoms with Gasteiger partial charge in [-0.25, -0.2) is 5.43 Å². The van der Waals surface area contributed by atoms with Crippen LogP contribution in [0.25, 0.3) is 0 Å². The minimum absolute atomic E-state index is 0.192. The molecule has 0 spiro atoms. The highest BCUT2D eigenvalue weighted by atomic mass is 16.2. The number of amidine groups is 1. The predicted octanol–water partition coefficient (Wildman–Crippen LogP) is -0.373. The Kier molecular flexibility index (Phi) is 3.49. The van der Waals surface area contributed by atoms with Crippen molar-refractivity contribution in [3.8, 4) is 0 Å². The van der Waals surface area contributed by atoms with Gasteiger partial charge in [0.25, 0.3) is 5.91 Å². The molecule has 7 nitrogen and oxygen atoms in total. The molecule has 0 saturated carbocycles. The van der Waals surface area contributed by atoms with Crippen LogP contribution in [-0.2, 0) is 7.05 Å². The van der Waals surface area contributed by atoms with Gasteiger partial charge in [-0.15, -0.1) is 0 Å². The summed E-state index contributed by atoms with van der Waals surface area (Å²) in [7, 11) is 5.37. The Labute approximate surface area is 93.9 Å². The number of nitrogens with two attached hydrogens (primary N) is 1. The van der Waals surface area contributed by atoms with Gasteiger partial charge in [0.2, 0.25) is 0 Å². The number of carbonyl (C=O) groups excluding carboxylic acids is 1. The lowest BCUT2D eigenvalue weighted by atomic mass is 10.3. The summed E-state index contributed by atoms with van der Waals surface area (Å²) in [6.07, 6.45) is 1.55. The first kappa shape index (κ1) is 12.0. The molecule has 1 amide bonds. The second-order valence-electron chi connectivity index (χ2n) is 3.60. The number of hydrogen-bond donors (Lipinski definition) is 2. The number of amides is 1. The van der Waals surface area contributed by atoms with Crippen molar-refractivity contribution >= 4 is 17.6 Å². The van der Waals surface area contributed by atoms with E-state index in [0.717, 1.165) is 0 Å². The molecular weight excluding hydrogens is 208 g/mol. The van der Waals surface area contributed by atoms with Gasteiger partial charge in [-0.3, -0.25) is 9.48 Å². The lowest BCUT2D eigenvalue weighted by Crippen LogP contribution is -2.25. The summed E-state index contributed by atoms with van der Waals surface area (Å²) in [4.78, 5) is 13.4. The third-order valence-corrected chi connectivity index (χ3v) is 2.07. The van der Waals surface area contributed by atoms with Gasteiger partial charge in [-0.05, 0) is 6.92 Å². The number of hydrazone groups is 1. The van der Waals surface area contributed by atoms with Crippen molar-refractivity contribution in [1.82, 2.24) is 20.1 Å². The van der Waals surface area contributed by atoms with E-state index in [1.165, 1.54) is 4.68 Å². The molecule has 1 aromatic rings. The number of aromatic nitrogens is 2. The summed E-state index contributed by atoms with van der Waals surface area (Å²) in [6.45, 7) is 1.78. The van der Waals surface area contributed by atoms with Gasteiger partial charge in [0, 0.05) is 27.3 Å². The molecule has 0 unspecified atom stereocenters. The Morgan fingerprint density at radius 3 is 2.69 bits per heavy atom. The van der Waals surface area contributed by atoms with Gasteiger partial charge in [0.05, 0.1) is 0 Å². The maximum atomic E-state index is 11.6. The molecule has 1 aromatic heterocycles. The number of rotatable bonds is 2. The number of nitrogens with zero attached hydrogens (tertiary/aromatic N) is 4. The van der Waals surface area contributed by atoms with Gasteiger partial charge in [0.1, 0.15) is 11.4 Å². The fourth-order valence-electron chi connectivity index (χ4n) is 0.972. The average Bonchev–Trinajstić information content (AvgIpc) is 2.53. The zero-order chi connectivity index (χ0) is 12.3. The average molecular weight is 224 g/mol. The second kappa shape index (κ2) is 4.65. The van der Waals surface area contributed by atoms with Gasteiger partial charge in [0.15, 0.2) is 5.82 Å². The third-order valence-electron chi connectivity index (χ3n) is 2.07. The van der Waals surface area contributed by atoms with Crippen molar-refractivity contribution in [2.45, 2.75) is 6.92 Å². The molecule has 0 aliphatic carbocycles. The normalized spacial score (nSPS) is 11.4. The first-order valence-electron chi connectivity index (χ1n) is 4.73. The first-order chi connectivity index (χ1) is 7.41. The molecule has 0 atom stereocenters. The van der Waals surface area contributed by atoms with Crippen LogP contribution in [0.3, 0.4) is 0 Å². The van der Waals surface area contributed by atoms with Crippen LogP contribution in [0, 0.1) is 0 Å². The Morgan fingerprint density at radius 1 is 1.62 bits per heavy atom. The largest absolute Gasteiger partial charge is 0.382 e. The monoisotopic (exact) mass is 224 g/mol. The highest BCUT2D eigenvalue weighted by Crippen LogP contribution is 2.07. The second-order valence-corrected chi connectivity index (χ2v) is 3.60. The topological polar surface area (TPSA) is 88.5 Å². The van der Waals surface area contributed by atoms with Crippen molar-refractivity contribution < 1.29 is 4.79 Å². The fraction of sp³-hybridized carbons (Fsp3) is 0.444. The van der Waals surface area contributed by atoms with Crippen LogP contribution < -0.4 is 11.2 Å². The number of carbonyl (C=O) groups is 1. The zero-order valence-corrected chi connectivity index (χ0v) is 9.85. The first-order valence-corrected chi connectivity index (χ1v) is 4.73. The van der Waals surface area contributed by atoms with Crippen LogP contribution in [0.4, 0.5) is 5.82 Å². The van der Waals surface area contributed by atoms with Gasteiger partial charge in [-0.1, -0.05) is 0 Å². The smallest absolute Gasteiger partial charge is 0.276 e. The molecule has 0 aliphatic heterocycles. The highest BCUT2D eigenvalue weighted by Gasteiger charge is 2.12. The molecule has 16 heavy (non-hydrogen) atoms. The van der Waals surface area contributed by atoms with Crippen molar-refractivity contribution in [1.29, 1.82) is 0 Å². The molecule has 0 fully saturated rings. The SMILES string of the molecule is C/C(=N\NC(=O)c1cn(C)nc1N)N(C)C. The molecule has 3 N–H and O–H groups in total. The number of nitrogens with one attached hydrogen (secondary N) is 1. The standard InChI is InChI=1S/C9H16N6O/c1-6(14(2)3)11-12-9(16)7-5-15(4)13-8(7)10/h5H,1-4H3,(H2,10,13)(H,12,16)/b11-6+. The van der Waals surface area contributed by atoms with E-state index in [0.29, 0.717) is 11.4 Å². The summed E-state index contributed by atoms with van der Waals surface area (Å²) >= 11 is 0. The maximum absolute atomic E-state index is 11.6. The van der Waals surface area contributed by atoms with E-state index in [1.807, 2.05) is 14.1 Å². The van der Waals surface area contributed by atoms with E-state index in [9.17, 15) is 4.79 Å². The molecule has 1 heterocycles. The van der Waals surface area contributed by atoms with E-state index in [1.54, 1.807) is 25.1 Å². The van der Waals surface area contributed by atoms with Crippen LogP contribution in [0.15, 0.2) is 11.3 Å². The van der Waals surface area contributed by atoms with Crippen LogP contribution in [0.1, 0.15) is 17.3 Å². The Bertz CT molecular complexity index is 420. The molecule has 0 radical (unpaired) electrons. The highest BCUT2D eigenvalue weighted by molar-refractivity contribution is 5.98. The summed E-state index contributed by atoms with van der Waals surface area (Å²) in [5.41, 5.74) is 8.28. The minimum atomic E-state index is -0.369. The summed E-state index contributed by atoms with van der Waals surface area (Å²) in [6, 6.07) is 0. The molecule has 88 valence electrons. The molecular formula is C9H16N6O. The minimum Gasteiger partial charge on any atom is -0.382 e. The van der Waals surface area contributed by atoms with E-state index >= 15 is 0 Å². The zero-order valence-electron chi connectivity index (χ0n) is 9.85. The predicted molar refractivity (Wildman–Crippen MR) is 61.9 cm³/mol. The van der Waals surface area contributed by atoms with Gasteiger partial charge >= 0.3 is 0 Å². The third kappa shape index (κ3) is 2.72. The van der Waals surface area contributed by atoms with Crippen molar-refractivity contribution in [3.63, 3.8) is 0 Å². The van der Waals surface area contributed by atoms with Crippen LogP contribution >= 0.6 is 0 Å². The molecule has 0 bridgehead atoms. The summed E-state index contributed by atoms with van der Waals surface area (Å²) in [5.74, 6) is 0.514. The summed E-state index contributed by atoms with van der Waals surface area (Å²) in [5, 5.41) is 7.77. The Balaban J connectivity index is 2.74. The Morgan fingerprint density at radius 2 is 2.25 bits per heavy atom. The lowest BCUT2D eigenvalue weighted by molar-refractivity contribution is 0.0955. The maximum Gasteiger partial charge on any atom is 0.276 e. The number of aryl methyl sites for hydroxylation is 1. The van der Waals surface area contributed by atoms with E-state index in [4.69, 9.17) is 5.73 Å². The molecule has 7 heteroatoms. The number of nitrogen functional groups attached to an aromatic ring is 1. The van der Waals surface area contributed by atoms with Crippen LogP contribution in [-0.4, -0.2) is 40.5 Å². The van der Waals surface area contributed by atoms with Crippen molar-refractivity contribution in [2.24, 2.45) is 12.1 Å². The molecule has 0 saturated heterocycles. The fourth-order valence-corrected chi connectivity index (χ4v) is 0.972. The van der Waals surface area contributed by atoms with Gasteiger partial charge in [-0.2, -0.15) is 10.2 Å². The van der Waals surface area contributed by atoms with E-state index < -0.39 is 0 Å². The van der Waals surface area contributed by atoms with Crippen LogP contribution in [0.2, 0.25) is 0 Å². The number of hydrogen-bond acceptors (Lipinski definition) is 4. The van der Waals surface area contributed by atoms with Crippen molar-refractivity contribution in [3.05, 3.63) is 11.8 Å². The molecule has 1 rings (SSSR count). The van der Waals surface area contributed by atoms with E-state index in [2.05, 4.69) is 15.6 Å². The van der Waals surface area contributed by atoms with Crippen molar-refractivity contribution in [2.75, 3.05) is 19.8 Å². The Hall–Kier alpha value is -2.05. The lowest BCUT2D eigenvalue weighted by Gasteiger charge is -2.10. The quantitative estimate of drug-likeness (QED) is 0.407. The molecule has 0 aromatic carbocycles. The number of anilines is 1. The molecule has 0 aliphatic rings. The van der Waals surface area contributed by atoms with Crippen LogP contribution in [0.5, 0.6) is 0 Å². The summed E-state index contributed by atoms with van der Waals surface area (Å²) < 4.78 is 1.48. The van der Waals surface area contributed by atoms with Gasteiger partial charge < -0.3 is 10.6 Å².